The summed E-state index contributed by atoms with van der Waals surface area (Å²) in [6.45, 7) is 0. The fourth-order valence-corrected chi connectivity index (χ4v) is 1.97. The molecular weight excluding hydrogens is 242 g/mol. The van der Waals surface area contributed by atoms with E-state index in [0.29, 0.717) is 12.0 Å². The Labute approximate surface area is 112 Å². The molecule has 0 heterocycles. The molecule has 0 aromatic heterocycles. The Kier molecular flexibility index (Phi) is 3.92. The number of hydrogen-bond donors (Lipinski definition) is 3. The van der Waals surface area contributed by atoms with E-state index in [1.807, 2.05) is 24.3 Å². The number of hydrogen-bond acceptors (Lipinski definition) is 4. The van der Waals surface area contributed by atoms with E-state index in [1.165, 1.54) is 12.1 Å². The molecule has 2 aromatic carbocycles. The Hall–Kier alpha value is -2.20. The monoisotopic (exact) mass is 259 g/mol. The van der Waals surface area contributed by atoms with E-state index >= 15 is 0 Å². The highest BCUT2D eigenvalue weighted by Crippen LogP contribution is 2.28. The summed E-state index contributed by atoms with van der Waals surface area (Å²) in [6, 6.07) is 11.8. The second-order valence-electron chi connectivity index (χ2n) is 4.40. The molecule has 0 fully saturated rings. The molecule has 2 rings (SSSR count). The van der Waals surface area contributed by atoms with Crippen molar-refractivity contribution < 1.29 is 14.9 Å². The lowest BCUT2D eigenvalue weighted by Gasteiger charge is -2.14. The van der Waals surface area contributed by atoms with Crippen LogP contribution in [0.15, 0.2) is 42.5 Å². The maximum Gasteiger partial charge on any atom is 0.124 e. The van der Waals surface area contributed by atoms with Crippen molar-refractivity contribution in [3.8, 4) is 17.2 Å². The summed E-state index contributed by atoms with van der Waals surface area (Å²) >= 11 is 0. The number of phenolic OH excluding ortho intramolecular Hbond substituents is 2. The lowest BCUT2D eigenvalue weighted by atomic mass is 9.99. The molecule has 4 heteroatoms. The molecule has 0 saturated heterocycles. The van der Waals surface area contributed by atoms with E-state index in [-0.39, 0.29) is 17.5 Å². The Morgan fingerprint density at radius 3 is 2.37 bits per heavy atom. The fraction of sp³-hybridized carbons (Fsp3) is 0.200. The first-order chi connectivity index (χ1) is 9.10. The molecule has 1 unspecified atom stereocenters. The molecule has 2 aromatic rings. The summed E-state index contributed by atoms with van der Waals surface area (Å²) in [5, 5.41) is 19.0. The van der Waals surface area contributed by atoms with E-state index in [0.717, 1.165) is 11.3 Å². The van der Waals surface area contributed by atoms with Gasteiger partial charge in [0.15, 0.2) is 0 Å². The van der Waals surface area contributed by atoms with Gasteiger partial charge in [-0.05, 0) is 30.2 Å². The predicted molar refractivity (Wildman–Crippen MR) is 73.4 cm³/mol. The van der Waals surface area contributed by atoms with Crippen molar-refractivity contribution in [2.75, 3.05) is 7.11 Å². The summed E-state index contributed by atoms with van der Waals surface area (Å²) in [7, 11) is 1.62. The highest BCUT2D eigenvalue weighted by atomic mass is 16.5. The number of benzene rings is 2. The number of phenols is 2. The summed E-state index contributed by atoms with van der Waals surface area (Å²) in [4.78, 5) is 0. The van der Waals surface area contributed by atoms with Gasteiger partial charge < -0.3 is 20.7 Å². The van der Waals surface area contributed by atoms with E-state index in [1.54, 1.807) is 13.2 Å². The average Bonchev–Trinajstić information content (AvgIpc) is 2.39. The third kappa shape index (κ3) is 3.17. The molecule has 0 spiro atoms. The molecule has 0 bridgehead atoms. The number of nitrogens with two attached hydrogens (primary N) is 1. The number of methoxy groups -OCH3 is 1. The SMILES string of the molecule is COc1ccc(CC(N)c2ccc(O)cc2O)cc1. The topological polar surface area (TPSA) is 75.7 Å². The number of rotatable bonds is 4. The van der Waals surface area contributed by atoms with Crippen LogP contribution in [-0.2, 0) is 6.42 Å². The van der Waals surface area contributed by atoms with Crippen LogP contribution >= 0.6 is 0 Å². The molecular formula is C15H17NO3. The van der Waals surface area contributed by atoms with Crippen LogP contribution in [0.5, 0.6) is 17.2 Å². The van der Waals surface area contributed by atoms with Gasteiger partial charge in [-0.2, -0.15) is 0 Å². The second kappa shape index (κ2) is 5.63. The van der Waals surface area contributed by atoms with Gasteiger partial charge in [0.1, 0.15) is 17.2 Å². The zero-order chi connectivity index (χ0) is 13.8. The summed E-state index contributed by atoms with van der Waals surface area (Å²) in [5.41, 5.74) is 7.75. The molecule has 0 amide bonds. The van der Waals surface area contributed by atoms with Crippen molar-refractivity contribution in [3.63, 3.8) is 0 Å². The maximum atomic E-state index is 9.76. The Morgan fingerprint density at radius 2 is 1.79 bits per heavy atom. The van der Waals surface area contributed by atoms with Gasteiger partial charge in [0.2, 0.25) is 0 Å². The molecule has 4 nitrogen and oxygen atoms in total. The normalized spacial score (nSPS) is 12.1. The van der Waals surface area contributed by atoms with Crippen LogP contribution in [0.2, 0.25) is 0 Å². The van der Waals surface area contributed by atoms with E-state index in [9.17, 15) is 10.2 Å². The Bertz CT molecular complexity index is 552. The molecule has 0 aliphatic rings. The largest absolute Gasteiger partial charge is 0.508 e. The van der Waals surface area contributed by atoms with Crippen molar-refractivity contribution in [1.29, 1.82) is 0 Å². The molecule has 100 valence electrons. The van der Waals surface area contributed by atoms with E-state index in [4.69, 9.17) is 10.5 Å². The van der Waals surface area contributed by atoms with Crippen LogP contribution < -0.4 is 10.5 Å². The van der Waals surface area contributed by atoms with Gasteiger partial charge in [-0.15, -0.1) is 0 Å². The molecule has 4 N–H and O–H groups in total. The Balaban J connectivity index is 2.13. The molecule has 1 atom stereocenters. The maximum absolute atomic E-state index is 9.76. The molecule has 19 heavy (non-hydrogen) atoms. The van der Waals surface area contributed by atoms with Gasteiger partial charge in [-0.1, -0.05) is 18.2 Å². The lowest BCUT2D eigenvalue weighted by Crippen LogP contribution is -2.13. The summed E-state index contributed by atoms with van der Waals surface area (Å²) in [6.07, 6.45) is 0.600. The first-order valence-electron chi connectivity index (χ1n) is 6.00. The minimum Gasteiger partial charge on any atom is -0.508 e. The van der Waals surface area contributed by atoms with Gasteiger partial charge in [0.05, 0.1) is 7.11 Å². The first kappa shape index (κ1) is 13.2. The minimum absolute atomic E-state index is 0.0148. The van der Waals surface area contributed by atoms with Crippen LogP contribution in [0.1, 0.15) is 17.2 Å². The lowest BCUT2D eigenvalue weighted by molar-refractivity contribution is 0.414. The highest BCUT2D eigenvalue weighted by molar-refractivity contribution is 5.41. The third-order valence-electron chi connectivity index (χ3n) is 3.03. The fourth-order valence-electron chi connectivity index (χ4n) is 1.97. The summed E-state index contributed by atoms with van der Waals surface area (Å²) < 4.78 is 5.09. The summed E-state index contributed by atoms with van der Waals surface area (Å²) in [5.74, 6) is 0.837. The first-order valence-corrected chi connectivity index (χ1v) is 6.00. The molecule has 0 saturated carbocycles. The Morgan fingerprint density at radius 1 is 1.11 bits per heavy atom. The smallest absolute Gasteiger partial charge is 0.124 e. The van der Waals surface area contributed by atoms with Crippen LogP contribution in [0.25, 0.3) is 0 Å². The van der Waals surface area contributed by atoms with Crippen LogP contribution in [0.4, 0.5) is 0 Å². The van der Waals surface area contributed by atoms with Gasteiger partial charge in [0.25, 0.3) is 0 Å². The van der Waals surface area contributed by atoms with Crippen molar-refractivity contribution in [2.24, 2.45) is 5.73 Å². The molecule has 0 aliphatic heterocycles. The third-order valence-corrected chi connectivity index (χ3v) is 3.03. The molecule has 0 aliphatic carbocycles. The van der Waals surface area contributed by atoms with Crippen molar-refractivity contribution in [2.45, 2.75) is 12.5 Å². The molecule has 0 radical (unpaired) electrons. The van der Waals surface area contributed by atoms with Gasteiger partial charge in [0, 0.05) is 17.7 Å². The average molecular weight is 259 g/mol. The standard InChI is InChI=1S/C15H17NO3/c1-19-12-5-2-10(3-6-12)8-14(16)13-7-4-11(17)9-15(13)18/h2-7,9,14,17-18H,8,16H2,1H3. The van der Waals surface area contributed by atoms with Crippen molar-refractivity contribution >= 4 is 0 Å². The number of ether oxygens (including phenoxy) is 1. The van der Waals surface area contributed by atoms with Gasteiger partial charge >= 0.3 is 0 Å². The zero-order valence-corrected chi connectivity index (χ0v) is 10.7. The van der Waals surface area contributed by atoms with E-state index in [2.05, 4.69) is 0 Å². The van der Waals surface area contributed by atoms with Crippen LogP contribution in [0, 0.1) is 0 Å². The highest BCUT2D eigenvalue weighted by Gasteiger charge is 2.12. The second-order valence-corrected chi connectivity index (χ2v) is 4.40. The predicted octanol–water partition coefficient (Wildman–Crippen LogP) is 2.35. The quantitative estimate of drug-likeness (QED) is 0.787. The minimum atomic E-state index is -0.325. The van der Waals surface area contributed by atoms with Gasteiger partial charge in [-0.25, -0.2) is 0 Å². The van der Waals surface area contributed by atoms with Crippen molar-refractivity contribution in [1.82, 2.24) is 0 Å². The van der Waals surface area contributed by atoms with Crippen molar-refractivity contribution in [3.05, 3.63) is 53.6 Å². The van der Waals surface area contributed by atoms with Crippen LogP contribution in [0.3, 0.4) is 0 Å². The number of aromatic hydroxyl groups is 2. The van der Waals surface area contributed by atoms with Gasteiger partial charge in [-0.3, -0.25) is 0 Å². The van der Waals surface area contributed by atoms with E-state index < -0.39 is 0 Å². The zero-order valence-electron chi connectivity index (χ0n) is 10.7. The van der Waals surface area contributed by atoms with Crippen LogP contribution in [-0.4, -0.2) is 17.3 Å².